The molecule has 0 aromatic carbocycles. The molecule has 0 aliphatic rings. The van der Waals surface area contributed by atoms with Crippen LogP contribution in [0.4, 0.5) is 5.69 Å². The number of rotatable bonds is 4. The maximum absolute atomic E-state index is 11.7. The minimum atomic E-state index is -0.341. The van der Waals surface area contributed by atoms with E-state index in [1.165, 1.54) is 12.3 Å². The van der Waals surface area contributed by atoms with E-state index in [-0.39, 0.29) is 18.1 Å². The standard InChI is InChI=1S/C8H10N8O/c9-12-5-1-2-10-6(3-5)8(17)11-4-7-13-15-16-14-7/h1-3H,4,9H2,(H,10,12)(H,11,17)(H,13,14,15,16). The zero-order chi connectivity index (χ0) is 12.1. The van der Waals surface area contributed by atoms with Gasteiger partial charge in [-0.1, -0.05) is 5.21 Å². The number of hydrazine groups is 1. The fourth-order valence-corrected chi connectivity index (χ4v) is 1.15. The summed E-state index contributed by atoms with van der Waals surface area (Å²) in [5.41, 5.74) is 3.29. The number of anilines is 1. The molecule has 5 N–H and O–H groups in total. The zero-order valence-corrected chi connectivity index (χ0v) is 8.71. The van der Waals surface area contributed by atoms with Crippen LogP contribution in [0.15, 0.2) is 18.3 Å². The van der Waals surface area contributed by atoms with Crippen molar-refractivity contribution in [2.24, 2.45) is 5.84 Å². The average Bonchev–Trinajstić information content (AvgIpc) is 2.89. The molecule has 0 spiro atoms. The second-order valence-corrected chi connectivity index (χ2v) is 3.08. The fourth-order valence-electron chi connectivity index (χ4n) is 1.15. The lowest BCUT2D eigenvalue weighted by molar-refractivity contribution is 0.0945. The number of hydrogen-bond acceptors (Lipinski definition) is 7. The Morgan fingerprint density at radius 2 is 2.41 bits per heavy atom. The van der Waals surface area contributed by atoms with Crippen molar-refractivity contribution in [2.75, 3.05) is 5.43 Å². The van der Waals surface area contributed by atoms with E-state index in [2.05, 4.69) is 36.4 Å². The number of nitrogens with zero attached hydrogens (tertiary/aromatic N) is 4. The number of nitrogen functional groups attached to an aromatic ring is 1. The number of aromatic amines is 1. The first-order chi connectivity index (χ1) is 8.29. The van der Waals surface area contributed by atoms with Gasteiger partial charge >= 0.3 is 0 Å². The normalized spacial score (nSPS) is 9.94. The van der Waals surface area contributed by atoms with E-state index < -0.39 is 0 Å². The van der Waals surface area contributed by atoms with Crippen molar-refractivity contribution < 1.29 is 4.79 Å². The number of carbonyl (C=O) groups is 1. The Morgan fingerprint density at radius 1 is 1.53 bits per heavy atom. The summed E-state index contributed by atoms with van der Waals surface area (Å²) in [6.45, 7) is 0.178. The molecule has 0 aliphatic carbocycles. The lowest BCUT2D eigenvalue weighted by atomic mass is 10.3. The number of nitrogens with two attached hydrogens (primary N) is 1. The summed E-state index contributed by atoms with van der Waals surface area (Å²) in [7, 11) is 0. The van der Waals surface area contributed by atoms with Crippen LogP contribution in [-0.2, 0) is 6.54 Å². The van der Waals surface area contributed by atoms with E-state index in [1.807, 2.05) is 0 Å². The predicted molar refractivity (Wildman–Crippen MR) is 57.4 cm³/mol. The van der Waals surface area contributed by atoms with Crippen LogP contribution in [0.2, 0.25) is 0 Å². The van der Waals surface area contributed by atoms with Gasteiger partial charge in [0.25, 0.3) is 5.91 Å². The molecule has 17 heavy (non-hydrogen) atoms. The Kier molecular flexibility index (Phi) is 3.21. The van der Waals surface area contributed by atoms with Crippen LogP contribution in [0.25, 0.3) is 0 Å². The number of amides is 1. The molecule has 0 unspecified atom stereocenters. The Bertz CT molecular complexity index is 496. The van der Waals surface area contributed by atoms with Gasteiger partial charge in [0.2, 0.25) is 0 Å². The lowest BCUT2D eigenvalue weighted by Gasteiger charge is -2.03. The van der Waals surface area contributed by atoms with Gasteiger partial charge in [-0.15, -0.1) is 10.2 Å². The average molecular weight is 234 g/mol. The number of pyridine rings is 1. The molecule has 0 atom stereocenters. The summed E-state index contributed by atoms with van der Waals surface area (Å²) in [5.74, 6) is 5.28. The number of tetrazole rings is 1. The summed E-state index contributed by atoms with van der Waals surface area (Å²) in [5, 5.41) is 15.7. The van der Waals surface area contributed by atoms with E-state index >= 15 is 0 Å². The minimum Gasteiger partial charge on any atom is -0.343 e. The Labute approximate surface area is 95.8 Å². The number of aromatic nitrogens is 5. The van der Waals surface area contributed by atoms with Crippen LogP contribution in [0.3, 0.4) is 0 Å². The second kappa shape index (κ2) is 4.99. The van der Waals surface area contributed by atoms with Crippen molar-refractivity contribution >= 4 is 11.6 Å². The molecule has 9 heteroatoms. The molecule has 2 aromatic heterocycles. The Balaban J connectivity index is 1.99. The van der Waals surface area contributed by atoms with Crippen LogP contribution in [0, 0.1) is 0 Å². The van der Waals surface area contributed by atoms with E-state index in [4.69, 9.17) is 5.84 Å². The van der Waals surface area contributed by atoms with E-state index in [1.54, 1.807) is 6.07 Å². The first-order valence-corrected chi connectivity index (χ1v) is 4.73. The Morgan fingerprint density at radius 3 is 3.12 bits per heavy atom. The molecule has 0 radical (unpaired) electrons. The monoisotopic (exact) mass is 234 g/mol. The maximum Gasteiger partial charge on any atom is 0.270 e. The summed E-state index contributed by atoms with van der Waals surface area (Å²) in [4.78, 5) is 15.6. The number of H-pyrrole nitrogens is 1. The van der Waals surface area contributed by atoms with Crippen LogP contribution in [-0.4, -0.2) is 31.5 Å². The van der Waals surface area contributed by atoms with Gasteiger partial charge in [-0.3, -0.25) is 15.6 Å². The molecular formula is C8H10N8O. The number of carbonyl (C=O) groups excluding carboxylic acids is 1. The van der Waals surface area contributed by atoms with Gasteiger partial charge < -0.3 is 10.7 Å². The highest BCUT2D eigenvalue weighted by Gasteiger charge is 2.08. The Hall–Kier alpha value is -2.55. The molecule has 0 aliphatic heterocycles. The molecule has 0 fully saturated rings. The van der Waals surface area contributed by atoms with Crippen LogP contribution in [0.5, 0.6) is 0 Å². The quantitative estimate of drug-likeness (QED) is 0.386. The van der Waals surface area contributed by atoms with Gasteiger partial charge in [0.05, 0.1) is 12.2 Å². The fraction of sp³-hybridized carbons (Fsp3) is 0.125. The molecule has 0 bridgehead atoms. The predicted octanol–water partition coefficient (Wildman–Crippen LogP) is -1.19. The molecule has 2 aromatic rings. The van der Waals surface area contributed by atoms with Gasteiger partial charge in [-0.2, -0.15) is 5.21 Å². The first-order valence-electron chi connectivity index (χ1n) is 4.73. The lowest BCUT2D eigenvalue weighted by Crippen LogP contribution is -2.24. The van der Waals surface area contributed by atoms with Gasteiger partial charge in [0.15, 0.2) is 5.82 Å². The largest absolute Gasteiger partial charge is 0.343 e. The van der Waals surface area contributed by atoms with E-state index in [0.717, 1.165) is 0 Å². The molecule has 2 heterocycles. The van der Waals surface area contributed by atoms with Crippen molar-refractivity contribution in [2.45, 2.75) is 6.54 Å². The third-order valence-electron chi connectivity index (χ3n) is 1.96. The highest BCUT2D eigenvalue weighted by Crippen LogP contribution is 2.05. The summed E-state index contributed by atoms with van der Waals surface area (Å²) in [6, 6.07) is 3.18. The molecule has 88 valence electrons. The molecular weight excluding hydrogens is 224 g/mol. The molecule has 2 rings (SSSR count). The van der Waals surface area contributed by atoms with Crippen molar-refractivity contribution in [3.63, 3.8) is 0 Å². The molecule has 0 saturated heterocycles. The van der Waals surface area contributed by atoms with Crippen LogP contribution in [0.1, 0.15) is 16.3 Å². The van der Waals surface area contributed by atoms with Crippen molar-refractivity contribution in [1.82, 2.24) is 30.9 Å². The minimum absolute atomic E-state index is 0.178. The van der Waals surface area contributed by atoms with Gasteiger partial charge in [-0.05, 0) is 12.1 Å². The van der Waals surface area contributed by atoms with Gasteiger partial charge in [-0.25, -0.2) is 0 Å². The highest BCUT2D eigenvalue weighted by atomic mass is 16.1. The third-order valence-corrected chi connectivity index (χ3v) is 1.96. The summed E-state index contributed by atoms with van der Waals surface area (Å²) in [6.07, 6.45) is 1.48. The summed E-state index contributed by atoms with van der Waals surface area (Å²) < 4.78 is 0. The SMILES string of the molecule is NNc1ccnc(C(=O)NCc2nn[nH]n2)c1. The highest BCUT2D eigenvalue weighted by molar-refractivity contribution is 5.92. The molecule has 0 saturated carbocycles. The number of nitrogens with one attached hydrogen (secondary N) is 3. The van der Waals surface area contributed by atoms with Gasteiger partial charge in [0, 0.05) is 6.20 Å². The topological polar surface area (TPSA) is 134 Å². The van der Waals surface area contributed by atoms with Gasteiger partial charge in [0.1, 0.15) is 5.69 Å². The summed E-state index contributed by atoms with van der Waals surface area (Å²) >= 11 is 0. The maximum atomic E-state index is 11.7. The molecule has 9 nitrogen and oxygen atoms in total. The molecule has 1 amide bonds. The second-order valence-electron chi connectivity index (χ2n) is 3.08. The van der Waals surface area contributed by atoms with Crippen LogP contribution < -0.4 is 16.6 Å². The smallest absolute Gasteiger partial charge is 0.270 e. The van der Waals surface area contributed by atoms with Crippen molar-refractivity contribution in [1.29, 1.82) is 0 Å². The third kappa shape index (κ3) is 2.72. The number of hydrogen-bond donors (Lipinski definition) is 4. The van der Waals surface area contributed by atoms with E-state index in [9.17, 15) is 4.79 Å². The first kappa shape index (κ1) is 11.0. The van der Waals surface area contributed by atoms with Crippen molar-refractivity contribution in [3.05, 3.63) is 29.8 Å². The zero-order valence-electron chi connectivity index (χ0n) is 8.71. The van der Waals surface area contributed by atoms with E-state index in [0.29, 0.717) is 11.5 Å². The van der Waals surface area contributed by atoms with Crippen molar-refractivity contribution in [3.8, 4) is 0 Å². The van der Waals surface area contributed by atoms with Crippen LogP contribution >= 0.6 is 0 Å².